The zero-order valence-electron chi connectivity index (χ0n) is 32.8. The summed E-state index contributed by atoms with van der Waals surface area (Å²) >= 11 is 0. The number of likely N-dealkylation sites (N-methyl/N-ethyl adjacent to an activating group) is 1. The molecule has 1 aromatic rings. The first-order chi connectivity index (χ1) is 24.0. The lowest BCUT2D eigenvalue weighted by molar-refractivity contribution is -0.149. The molecule has 2 aliphatic rings. The Bertz CT molecular complexity index is 1280. The number of nitrogens with zero attached hydrogens (tertiary/aromatic N) is 2. The van der Waals surface area contributed by atoms with Gasteiger partial charge in [0.05, 0.1) is 42.4 Å². The predicted molar refractivity (Wildman–Crippen MR) is 200 cm³/mol. The monoisotopic (exact) mass is 713 g/mol. The molecule has 51 heavy (non-hydrogen) atoms. The van der Waals surface area contributed by atoms with Gasteiger partial charge in [0.15, 0.2) is 5.78 Å². The van der Waals surface area contributed by atoms with Crippen LogP contribution in [0, 0.1) is 29.6 Å². The molecule has 2 amide bonds. The van der Waals surface area contributed by atoms with Gasteiger partial charge in [-0.3, -0.25) is 19.2 Å². The Kier molecular flexibility index (Phi) is 16.3. The molecular weight excluding hydrogens is 646 g/mol. The molecular formula is C41H67N3O7. The van der Waals surface area contributed by atoms with Crippen LogP contribution < -0.4 is 5.73 Å². The number of carbonyl (C=O) groups excluding carboxylic acids is 4. The van der Waals surface area contributed by atoms with Gasteiger partial charge in [-0.1, -0.05) is 77.3 Å². The first-order valence-corrected chi connectivity index (χ1v) is 19.2. The number of likely N-dealkylation sites (tertiary alicyclic amines) is 1. The molecule has 1 saturated carbocycles. The van der Waals surface area contributed by atoms with E-state index in [0.717, 1.165) is 44.1 Å². The fourth-order valence-electron chi connectivity index (χ4n) is 8.37. The Morgan fingerprint density at radius 1 is 0.922 bits per heavy atom. The summed E-state index contributed by atoms with van der Waals surface area (Å²) in [4.78, 5) is 58.7. The van der Waals surface area contributed by atoms with Crippen molar-refractivity contribution >= 4 is 23.4 Å². The number of ketones is 2. The van der Waals surface area contributed by atoms with E-state index in [1.807, 2.05) is 62.9 Å². The number of benzene rings is 1. The molecule has 1 aliphatic carbocycles. The summed E-state index contributed by atoms with van der Waals surface area (Å²) in [6.45, 7) is 11.6. The maximum Gasteiger partial charge on any atom is 0.226 e. The molecule has 0 radical (unpaired) electrons. The molecule has 0 spiro atoms. The fourth-order valence-corrected chi connectivity index (χ4v) is 8.37. The van der Waals surface area contributed by atoms with Crippen LogP contribution in [0.5, 0.6) is 0 Å². The number of rotatable bonds is 19. The number of methoxy groups -OCH3 is 2. The molecule has 0 aromatic heterocycles. The van der Waals surface area contributed by atoms with Crippen LogP contribution in [0.15, 0.2) is 30.3 Å². The summed E-state index contributed by atoms with van der Waals surface area (Å²) < 4.78 is 12.1. The average Bonchev–Trinajstić information content (AvgIpc) is 3.59. The number of nitrogens with two attached hydrogens (primary N) is 1. The molecule has 8 atom stereocenters. The van der Waals surface area contributed by atoms with E-state index in [9.17, 15) is 24.3 Å². The number of carbonyl (C=O) groups is 4. The third kappa shape index (κ3) is 11.2. The number of aliphatic hydroxyl groups excluding tert-OH is 1. The molecule has 1 aromatic carbocycles. The van der Waals surface area contributed by atoms with E-state index >= 15 is 0 Å². The molecule has 10 nitrogen and oxygen atoms in total. The van der Waals surface area contributed by atoms with Gasteiger partial charge >= 0.3 is 0 Å². The van der Waals surface area contributed by atoms with Crippen LogP contribution in [-0.2, 0) is 28.7 Å². The Labute approximate surface area is 307 Å². The van der Waals surface area contributed by atoms with Crippen LogP contribution in [0.4, 0.5) is 0 Å². The normalized spacial score (nSPS) is 21.4. The van der Waals surface area contributed by atoms with Gasteiger partial charge in [-0.05, 0) is 62.8 Å². The second kappa shape index (κ2) is 19.4. The molecule has 288 valence electrons. The molecule has 1 heterocycles. The second-order valence-corrected chi connectivity index (χ2v) is 16.3. The summed E-state index contributed by atoms with van der Waals surface area (Å²) in [5.41, 5.74) is 5.87. The predicted octanol–water partition coefficient (Wildman–Crippen LogP) is 5.74. The standard InChI is InChI=1S/C41H67N3O7/c1-26(2)31(24-35(46)41(5,6)42)40(49)43(7)37(29-17-12-10-13-18-29)34(50-8)25-36(47)44-22-16-21-32(44)39(51-9)28(4)33(45)23-27(3)38(48)30-19-14-11-15-20-30/h11,14-15,19-20,26-29,31-32,34,37-39,48H,10,12-13,16-18,21-25,42H2,1-9H3/t27-,28-,31-,32-,34+,37-,38+,39+/m0/s1. The second-order valence-electron chi connectivity index (χ2n) is 16.3. The van der Waals surface area contributed by atoms with Crippen molar-refractivity contribution in [2.75, 3.05) is 27.8 Å². The third-order valence-electron chi connectivity index (χ3n) is 11.7. The highest BCUT2D eigenvalue weighted by molar-refractivity contribution is 5.92. The minimum absolute atomic E-state index is 0.00731. The van der Waals surface area contributed by atoms with Gasteiger partial charge in [0.25, 0.3) is 0 Å². The third-order valence-corrected chi connectivity index (χ3v) is 11.7. The van der Waals surface area contributed by atoms with Crippen molar-refractivity contribution in [1.82, 2.24) is 9.80 Å². The van der Waals surface area contributed by atoms with E-state index in [4.69, 9.17) is 15.2 Å². The van der Waals surface area contributed by atoms with Crippen LogP contribution in [0.25, 0.3) is 0 Å². The molecule has 1 saturated heterocycles. The van der Waals surface area contributed by atoms with Crippen molar-refractivity contribution in [2.45, 2.75) is 142 Å². The minimum atomic E-state index is -1.04. The maximum atomic E-state index is 14.2. The molecule has 10 heteroatoms. The topological polar surface area (TPSA) is 139 Å². The fraction of sp³-hybridized carbons (Fsp3) is 0.756. The summed E-state index contributed by atoms with van der Waals surface area (Å²) in [5, 5.41) is 10.9. The van der Waals surface area contributed by atoms with Gasteiger partial charge in [0.1, 0.15) is 5.78 Å². The van der Waals surface area contributed by atoms with Crippen LogP contribution in [0.1, 0.15) is 117 Å². The molecule has 3 rings (SSSR count). The van der Waals surface area contributed by atoms with Crippen LogP contribution in [0.3, 0.4) is 0 Å². The number of aliphatic hydroxyl groups is 1. The van der Waals surface area contributed by atoms with Crippen molar-refractivity contribution in [2.24, 2.45) is 35.3 Å². The van der Waals surface area contributed by atoms with Gasteiger partial charge in [-0.15, -0.1) is 0 Å². The first-order valence-electron chi connectivity index (χ1n) is 19.2. The molecule has 3 N–H and O–H groups in total. The van der Waals surface area contributed by atoms with E-state index in [-0.39, 0.29) is 72.5 Å². The van der Waals surface area contributed by atoms with Gasteiger partial charge in [0.2, 0.25) is 11.8 Å². The van der Waals surface area contributed by atoms with Gasteiger partial charge in [0, 0.05) is 52.5 Å². The lowest BCUT2D eigenvalue weighted by Crippen LogP contribution is -2.55. The average molecular weight is 714 g/mol. The Balaban J connectivity index is 1.79. The molecule has 0 bridgehead atoms. The largest absolute Gasteiger partial charge is 0.388 e. The van der Waals surface area contributed by atoms with Crippen molar-refractivity contribution in [3.05, 3.63) is 35.9 Å². The number of hydrogen-bond acceptors (Lipinski definition) is 8. The minimum Gasteiger partial charge on any atom is -0.388 e. The van der Waals surface area contributed by atoms with Crippen molar-refractivity contribution < 1.29 is 33.8 Å². The quantitative estimate of drug-likeness (QED) is 0.185. The maximum absolute atomic E-state index is 14.2. The SMILES string of the molecule is CO[C@H]([C@@H](C)C(=O)C[C@H](C)[C@@H](O)c1ccccc1)[C@@H]1CCCN1C(=O)C[C@@H](OC)[C@H](C1CCCCC1)N(C)C(=O)[C@@H](CC(=O)C(C)(C)N)C(C)C. The molecule has 2 fully saturated rings. The zero-order chi connectivity index (χ0) is 38.0. The summed E-state index contributed by atoms with van der Waals surface area (Å²) in [7, 11) is 5.00. The smallest absolute Gasteiger partial charge is 0.226 e. The number of ether oxygens (including phenoxy) is 2. The highest BCUT2D eigenvalue weighted by Crippen LogP contribution is 2.35. The van der Waals surface area contributed by atoms with Crippen LogP contribution in [0.2, 0.25) is 0 Å². The van der Waals surface area contributed by atoms with E-state index in [1.165, 1.54) is 0 Å². The van der Waals surface area contributed by atoms with E-state index in [2.05, 4.69) is 0 Å². The van der Waals surface area contributed by atoms with E-state index in [1.54, 1.807) is 40.0 Å². The van der Waals surface area contributed by atoms with E-state index < -0.39 is 35.7 Å². The van der Waals surface area contributed by atoms with Gasteiger partial charge in [-0.25, -0.2) is 0 Å². The van der Waals surface area contributed by atoms with Crippen molar-refractivity contribution in [1.29, 1.82) is 0 Å². The number of Topliss-reactive ketones (excluding diaryl/α,β-unsaturated/α-hetero) is 2. The zero-order valence-corrected chi connectivity index (χ0v) is 32.8. The first kappa shape index (κ1) is 42.8. The Hall–Kier alpha value is -2.66. The van der Waals surface area contributed by atoms with Gasteiger partial charge < -0.3 is 30.1 Å². The number of amides is 2. The molecule has 0 unspecified atom stereocenters. The Morgan fingerprint density at radius 2 is 1.55 bits per heavy atom. The van der Waals surface area contributed by atoms with Crippen molar-refractivity contribution in [3.8, 4) is 0 Å². The summed E-state index contributed by atoms with van der Waals surface area (Å²) in [6.07, 6.45) is 5.17. The summed E-state index contributed by atoms with van der Waals surface area (Å²) in [6, 6.07) is 8.74. The highest BCUT2D eigenvalue weighted by Gasteiger charge is 2.44. The lowest BCUT2D eigenvalue weighted by atomic mass is 9.79. The van der Waals surface area contributed by atoms with Gasteiger partial charge in [-0.2, -0.15) is 0 Å². The molecule has 1 aliphatic heterocycles. The van der Waals surface area contributed by atoms with Crippen molar-refractivity contribution in [3.63, 3.8) is 0 Å². The lowest BCUT2D eigenvalue weighted by Gasteiger charge is -2.43. The Morgan fingerprint density at radius 3 is 2.10 bits per heavy atom. The summed E-state index contributed by atoms with van der Waals surface area (Å²) in [5.74, 6) is -1.58. The van der Waals surface area contributed by atoms with Crippen LogP contribution >= 0.6 is 0 Å². The highest BCUT2D eigenvalue weighted by atomic mass is 16.5. The number of hydrogen-bond donors (Lipinski definition) is 2. The van der Waals surface area contributed by atoms with E-state index in [0.29, 0.717) is 13.0 Å². The van der Waals surface area contributed by atoms with Crippen LogP contribution in [-0.4, -0.2) is 95.9 Å².